The SMILES string of the molecule is Cc1ccccc1.Cc1ccccc1.Cc1ccccc1C. The van der Waals surface area contributed by atoms with E-state index >= 15 is 0 Å². The van der Waals surface area contributed by atoms with Gasteiger partial charge in [0.05, 0.1) is 0 Å². The molecule has 0 aliphatic carbocycles. The molecule has 22 heavy (non-hydrogen) atoms. The van der Waals surface area contributed by atoms with Gasteiger partial charge in [-0.1, -0.05) is 96.1 Å². The van der Waals surface area contributed by atoms with Crippen molar-refractivity contribution < 1.29 is 0 Å². The molecule has 3 rings (SSSR count). The number of aryl methyl sites for hydroxylation is 4. The molecule has 0 nitrogen and oxygen atoms in total. The van der Waals surface area contributed by atoms with Crippen molar-refractivity contribution in [2.75, 3.05) is 0 Å². The first-order chi connectivity index (χ1) is 10.6. The van der Waals surface area contributed by atoms with Crippen LogP contribution >= 0.6 is 0 Å². The molecule has 0 N–H and O–H groups in total. The molecular weight excluding hydrogens is 264 g/mol. The van der Waals surface area contributed by atoms with Crippen molar-refractivity contribution in [2.45, 2.75) is 27.7 Å². The Hall–Kier alpha value is -2.34. The van der Waals surface area contributed by atoms with Crippen molar-refractivity contribution in [3.63, 3.8) is 0 Å². The van der Waals surface area contributed by atoms with Gasteiger partial charge in [0, 0.05) is 0 Å². The minimum atomic E-state index is 1.32. The Morgan fingerprint density at radius 1 is 0.364 bits per heavy atom. The van der Waals surface area contributed by atoms with E-state index < -0.39 is 0 Å². The third-order valence-corrected chi connectivity index (χ3v) is 3.31. The predicted molar refractivity (Wildman–Crippen MR) is 98.3 cm³/mol. The molecule has 0 amide bonds. The van der Waals surface area contributed by atoms with Gasteiger partial charge in [0.25, 0.3) is 0 Å². The summed E-state index contributed by atoms with van der Waals surface area (Å²) in [5.74, 6) is 0. The van der Waals surface area contributed by atoms with Gasteiger partial charge in [-0.05, 0) is 38.8 Å². The summed E-state index contributed by atoms with van der Waals surface area (Å²) >= 11 is 0. The molecule has 0 aromatic heterocycles. The Balaban J connectivity index is 0.000000166. The van der Waals surface area contributed by atoms with Crippen molar-refractivity contribution in [3.8, 4) is 0 Å². The van der Waals surface area contributed by atoms with Gasteiger partial charge >= 0.3 is 0 Å². The second-order valence-electron chi connectivity index (χ2n) is 5.39. The summed E-state index contributed by atoms with van der Waals surface area (Å²) < 4.78 is 0. The van der Waals surface area contributed by atoms with E-state index in [0.717, 1.165) is 0 Å². The number of hydrogen-bond donors (Lipinski definition) is 0. The first kappa shape index (κ1) is 17.7. The zero-order chi connectivity index (χ0) is 16.2. The quantitative estimate of drug-likeness (QED) is 0.456. The van der Waals surface area contributed by atoms with Crippen LogP contribution in [0.5, 0.6) is 0 Å². The molecule has 0 unspecified atom stereocenters. The fourth-order valence-corrected chi connectivity index (χ4v) is 1.73. The Labute approximate surface area is 135 Å². The zero-order valence-corrected chi connectivity index (χ0v) is 14.1. The van der Waals surface area contributed by atoms with E-state index in [1.807, 2.05) is 36.4 Å². The van der Waals surface area contributed by atoms with Crippen LogP contribution in [0.3, 0.4) is 0 Å². The molecule has 114 valence electrons. The third-order valence-electron chi connectivity index (χ3n) is 3.31. The van der Waals surface area contributed by atoms with Crippen LogP contribution in [0.2, 0.25) is 0 Å². The largest absolute Gasteiger partial charge is 0.0622 e. The summed E-state index contributed by atoms with van der Waals surface area (Å²) in [5, 5.41) is 0. The lowest BCUT2D eigenvalue weighted by molar-refractivity contribution is 1.34. The lowest BCUT2D eigenvalue weighted by Crippen LogP contribution is -1.74. The van der Waals surface area contributed by atoms with Crippen LogP contribution in [0.15, 0.2) is 84.9 Å². The summed E-state index contributed by atoms with van der Waals surface area (Å²) in [4.78, 5) is 0. The van der Waals surface area contributed by atoms with Crippen molar-refractivity contribution in [1.82, 2.24) is 0 Å². The molecule has 0 fully saturated rings. The fourth-order valence-electron chi connectivity index (χ4n) is 1.73. The summed E-state index contributed by atoms with van der Waals surface area (Å²) in [6.07, 6.45) is 0. The second-order valence-corrected chi connectivity index (χ2v) is 5.39. The van der Waals surface area contributed by atoms with Gasteiger partial charge in [0.1, 0.15) is 0 Å². The first-order valence-electron chi connectivity index (χ1n) is 7.65. The maximum Gasteiger partial charge on any atom is -0.0395 e. The number of hydrogen-bond acceptors (Lipinski definition) is 0. The van der Waals surface area contributed by atoms with Gasteiger partial charge in [0.2, 0.25) is 0 Å². The molecule has 3 aromatic carbocycles. The Morgan fingerprint density at radius 3 is 0.818 bits per heavy atom. The average molecular weight is 290 g/mol. The average Bonchev–Trinajstić information content (AvgIpc) is 2.53. The summed E-state index contributed by atoms with van der Waals surface area (Å²) in [6.45, 7) is 8.41. The lowest BCUT2D eigenvalue weighted by Gasteiger charge is -1.93. The van der Waals surface area contributed by atoms with Gasteiger partial charge in [0.15, 0.2) is 0 Å². The molecule has 0 heterocycles. The van der Waals surface area contributed by atoms with E-state index in [-0.39, 0.29) is 0 Å². The Bertz CT molecular complexity index is 566. The molecule has 0 aliphatic rings. The van der Waals surface area contributed by atoms with E-state index in [0.29, 0.717) is 0 Å². The highest BCUT2D eigenvalue weighted by atomic mass is 13.9. The highest BCUT2D eigenvalue weighted by Gasteiger charge is 1.83. The molecular formula is C22H26. The van der Waals surface area contributed by atoms with E-state index in [2.05, 4.69) is 76.2 Å². The zero-order valence-electron chi connectivity index (χ0n) is 14.1. The first-order valence-corrected chi connectivity index (χ1v) is 7.65. The molecule has 0 aliphatic heterocycles. The smallest absolute Gasteiger partial charge is 0.0395 e. The van der Waals surface area contributed by atoms with Gasteiger partial charge in [-0.2, -0.15) is 0 Å². The van der Waals surface area contributed by atoms with Crippen molar-refractivity contribution in [2.24, 2.45) is 0 Å². The van der Waals surface area contributed by atoms with Gasteiger partial charge in [-0.3, -0.25) is 0 Å². The fraction of sp³-hybridized carbons (Fsp3) is 0.182. The normalized spacial score (nSPS) is 8.91. The van der Waals surface area contributed by atoms with Crippen LogP contribution in [-0.2, 0) is 0 Å². The topological polar surface area (TPSA) is 0 Å². The van der Waals surface area contributed by atoms with E-state index in [1.165, 1.54) is 22.3 Å². The van der Waals surface area contributed by atoms with E-state index in [4.69, 9.17) is 0 Å². The number of benzene rings is 3. The summed E-state index contributed by atoms with van der Waals surface area (Å²) in [6, 6.07) is 28.9. The van der Waals surface area contributed by atoms with Crippen molar-refractivity contribution in [3.05, 3.63) is 107 Å². The maximum absolute atomic E-state index is 2.12. The van der Waals surface area contributed by atoms with E-state index in [1.54, 1.807) is 0 Å². The van der Waals surface area contributed by atoms with Crippen LogP contribution in [0.4, 0.5) is 0 Å². The summed E-state index contributed by atoms with van der Waals surface area (Å²) in [5.41, 5.74) is 5.38. The van der Waals surface area contributed by atoms with Crippen molar-refractivity contribution >= 4 is 0 Å². The summed E-state index contributed by atoms with van der Waals surface area (Å²) in [7, 11) is 0. The van der Waals surface area contributed by atoms with Gasteiger partial charge < -0.3 is 0 Å². The van der Waals surface area contributed by atoms with Gasteiger partial charge in [-0.15, -0.1) is 0 Å². The van der Waals surface area contributed by atoms with Crippen molar-refractivity contribution in [1.29, 1.82) is 0 Å². The standard InChI is InChI=1S/C8H10.2C7H8/c1-7-5-3-4-6-8(7)2;2*1-7-5-3-2-4-6-7/h3-6H,1-2H3;2*2-6H,1H3. The highest BCUT2D eigenvalue weighted by Crippen LogP contribution is 2.02. The molecule has 0 spiro atoms. The molecule has 0 saturated heterocycles. The molecule has 0 atom stereocenters. The monoisotopic (exact) mass is 290 g/mol. The van der Waals surface area contributed by atoms with Crippen LogP contribution in [-0.4, -0.2) is 0 Å². The van der Waals surface area contributed by atoms with Crippen LogP contribution < -0.4 is 0 Å². The van der Waals surface area contributed by atoms with Crippen LogP contribution in [0.25, 0.3) is 0 Å². The molecule has 0 bridgehead atoms. The van der Waals surface area contributed by atoms with Crippen LogP contribution in [0, 0.1) is 27.7 Å². The second kappa shape index (κ2) is 10.4. The highest BCUT2D eigenvalue weighted by molar-refractivity contribution is 5.23. The van der Waals surface area contributed by atoms with Gasteiger partial charge in [-0.25, -0.2) is 0 Å². The van der Waals surface area contributed by atoms with Crippen LogP contribution in [0.1, 0.15) is 22.3 Å². The molecule has 3 aromatic rings. The maximum atomic E-state index is 2.12. The minimum Gasteiger partial charge on any atom is -0.0622 e. The molecule has 0 heteroatoms. The minimum absolute atomic E-state index is 1.32. The lowest BCUT2D eigenvalue weighted by atomic mass is 10.1. The third kappa shape index (κ3) is 8.06. The molecule has 0 radical (unpaired) electrons. The Kier molecular flexibility index (Phi) is 8.37. The van der Waals surface area contributed by atoms with E-state index in [9.17, 15) is 0 Å². The Morgan fingerprint density at radius 2 is 0.636 bits per heavy atom. The number of rotatable bonds is 0. The predicted octanol–water partition coefficient (Wildman–Crippen LogP) is 6.29. The molecule has 0 saturated carbocycles.